The third-order valence-electron chi connectivity index (χ3n) is 4.77. The molecule has 1 saturated heterocycles. The Morgan fingerprint density at radius 1 is 1.42 bits per heavy atom. The zero-order valence-electron chi connectivity index (χ0n) is 15.7. The molecule has 6 nitrogen and oxygen atoms in total. The van der Waals surface area contributed by atoms with Crippen LogP contribution in [0.1, 0.15) is 32.3 Å². The molecule has 1 aromatic carbocycles. The molecular weight excluding hydrogens is 339 g/mol. The van der Waals surface area contributed by atoms with Crippen LogP contribution in [0.25, 0.3) is 0 Å². The Hall–Kier alpha value is -1.70. The van der Waals surface area contributed by atoms with Crippen molar-refractivity contribution in [3.63, 3.8) is 0 Å². The van der Waals surface area contributed by atoms with Gasteiger partial charge in [-0.2, -0.15) is 0 Å². The molecule has 1 aromatic rings. The van der Waals surface area contributed by atoms with Crippen LogP contribution in [0.5, 0.6) is 5.75 Å². The predicted molar refractivity (Wildman–Crippen MR) is 96.3 cm³/mol. The number of nitrogens with one attached hydrogen (secondary N) is 1. The van der Waals surface area contributed by atoms with Gasteiger partial charge in [-0.05, 0) is 31.0 Å². The monoisotopic (exact) mass is 368 g/mol. The number of methoxy groups -OCH3 is 1. The van der Waals surface area contributed by atoms with Gasteiger partial charge in [0.05, 0.1) is 7.11 Å². The van der Waals surface area contributed by atoms with Crippen molar-refractivity contribution in [1.82, 2.24) is 10.2 Å². The molecule has 0 unspecified atom stereocenters. The Morgan fingerprint density at radius 2 is 2.15 bits per heavy atom. The summed E-state index contributed by atoms with van der Waals surface area (Å²) >= 11 is 0. The molecule has 0 bridgehead atoms. The smallest absolute Gasteiger partial charge is 0.256 e. The van der Waals surface area contributed by atoms with Gasteiger partial charge in [0.15, 0.2) is 5.60 Å². The van der Waals surface area contributed by atoms with Gasteiger partial charge in [-0.3, -0.25) is 4.79 Å². The van der Waals surface area contributed by atoms with Crippen molar-refractivity contribution >= 4 is 5.91 Å². The first kappa shape index (κ1) is 20.6. The summed E-state index contributed by atoms with van der Waals surface area (Å²) in [5, 5.41) is 23.2. The van der Waals surface area contributed by atoms with Crippen LogP contribution in [0.3, 0.4) is 0 Å². The first-order chi connectivity index (χ1) is 12.2. The fraction of sp³-hybridized carbons (Fsp3) is 0.632. The number of aliphatic hydroxyl groups excluding tert-OH is 1. The van der Waals surface area contributed by atoms with Crippen molar-refractivity contribution in [2.75, 3.05) is 33.4 Å². The van der Waals surface area contributed by atoms with Crippen molar-refractivity contribution in [2.24, 2.45) is 5.41 Å². The number of nitrogens with zero attached hydrogens (tertiary/aromatic N) is 1. The van der Waals surface area contributed by atoms with Crippen LogP contribution < -0.4 is 10.1 Å². The summed E-state index contributed by atoms with van der Waals surface area (Å²) in [5.74, 6) is -0.287. The lowest BCUT2D eigenvalue weighted by atomic mass is 9.90. The van der Waals surface area contributed by atoms with E-state index in [1.54, 1.807) is 6.07 Å². The Morgan fingerprint density at radius 3 is 2.81 bits per heavy atom. The molecule has 2 rings (SSSR count). The van der Waals surface area contributed by atoms with E-state index in [0.717, 1.165) is 0 Å². The number of hydrogen-bond donors (Lipinski definition) is 3. The van der Waals surface area contributed by atoms with Crippen molar-refractivity contribution in [1.29, 1.82) is 0 Å². The Balaban J connectivity index is 2.04. The van der Waals surface area contributed by atoms with Gasteiger partial charge in [0, 0.05) is 43.8 Å². The number of benzene rings is 1. The molecule has 146 valence electrons. The largest absolute Gasteiger partial charge is 0.497 e. The number of carbonyl (C=O) groups is 1. The highest BCUT2D eigenvalue weighted by Crippen LogP contribution is 2.26. The highest BCUT2D eigenvalue weighted by molar-refractivity contribution is 5.86. The van der Waals surface area contributed by atoms with Crippen molar-refractivity contribution in [3.8, 4) is 5.75 Å². The van der Waals surface area contributed by atoms with E-state index in [9.17, 15) is 19.4 Å². The van der Waals surface area contributed by atoms with Crippen LogP contribution in [0, 0.1) is 11.2 Å². The lowest BCUT2D eigenvalue weighted by Crippen LogP contribution is -2.58. The van der Waals surface area contributed by atoms with Crippen LogP contribution in [0.15, 0.2) is 18.2 Å². The van der Waals surface area contributed by atoms with E-state index >= 15 is 0 Å². The molecular formula is C19H29FN2O4. The van der Waals surface area contributed by atoms with E-state index in [0.29, 0.717) is 37.2 Å². The van der Waals surface area contributed by atoms with Gasteiger partial charge in [0.1, 0.15) is 11.6 Å². The molecule has 1 aliphatic heterocycles. The average Bonchev–Trinajstić information content (AvgIpc) is 2.60. The average molecular weight is 368 g/mol. The topological polar surface area (TPSA) is 82.0 Å². The molecule has 1 atom stereocenters. The summed E-state index contributed by atoms with van der Waals surface area (Å²) in [5.41, 5.74) is -1.49. The standard InChI is InChI=1S/C19H29FN2O4/c1-18(2,13-23)11-21-12-19(25)7-4-8-22(17(19)24)10-14-9-15(26-3)5-6-16(14)20/h5-6,9,21,23,25H,4,7-8,10-13H2,1-3H3/t19-/m0/s1. The van der Waals surface area contributed by atoms with Crippen molar-refractivity contribution < 1.29 is 24.1 Å². The second-order valence-corrected chi connectivity index (χ2v) is 7.75. The van der Waals surface area contributed by atoms with Gasteiger partial charge in [0.25, 0.3) is 5.91 Å². The van der Waals surface area contributed by atoms with Gasteiger partial charge < -0.3 is 25.2 Å². The summed E-state index contributed by atoms with van der Waals surface area (Å²) < 4.78 is 19.2. The minimum absolute atomic E-state index is 0.00756. The summed E-state index contributed by atoms with van der Waals surface area (Å²) in [6.45, 7) is 4.94. The normalized spacial score (nSPS) is 21.2. The molecule has 0 aromatic heterocycles. The second kappa shape index (κ2) is 8.33. The minimum atomic E-state index is -1.51. The SMILES string of the molecule is COc1ccc(F)c(CN2CCC[C@](O)(CNCC(C)(C)CO)C2=O)c1. The number of halogens is 1. The van der Waals surface area contributed by atoms with E-state index in [1.807, 2.05) is 13.8 Å². The Labute approximate surface area is 154 Å². The maximum Gasteiger partial charge on any atom is 0.256 e. The summed E-state index contributed by atoms with van der Waals surface area (Å²) in [7, 11) is 1.50. The molecule has 0 radical (unpaired) electrons. The summed E-state index contributed by atoms with van der Waals surface area (Å²) in [6.07, 6.45) is 0.994. The Kier molecular flexibility index (Phi) is 6.60. The number of likely N-dealkylation sites (tertiary alicyclic amines) is 1. The molecule has 7 heteroatoms. The first-order valence-corrected chi connectivity index (χ1v) is 8.86. The predicted octanol–water partition coefficient (Wildman–Crippen LogP) is 1.30. The maximum atomic E-state index is 14.1. The van der Waals surface area contributed by atoms with E-state index in [-0.39, 0.29) is 25.1 Å². The Bertz CT molecular complexity index is 638. The third kappa shape index (κ3) is 4.93. The molecule has 3 N–H and O–H groups in total. The second-order valence-electron chi connectivity index (χ2n) is 7.75. The van der Waals surface area contributed by atoms with Gasteiger partial charge in [-0.25, -0.2) is 4.39 Å². The minimum Gasteiger partial charge on any atom is -0.497 e. The van der Waals surface area contributed by atoms with Crippen LogP contribution in [0.4, 0.5) is 4.39 Å². The van der Waals surface area contributed by atoms with Crippen LogP contribution >= 0.6 is 0 Å². The first-order valence-electron chi connectivity index (χ1n) is 8.86. The van der Waals surface area contributed by atoms with E-state index in [2.05, 4.69) is 5.32 Å². The van der Waals surface area contributed by atoms with E-state index in [1.165, 1.54) is 24.1 Å². The quantitative estimate of drug-likeness (QED) is 0.644. The van der Waals surface area contributed by atoms with Crippen molar-refractivity contribution in [2.45, 2.75) is 38.8 Å². The number of hydrogen-bond acceptors (Lipinski definition) is 5. The fourth-order valence-electron chi connectivity index (χ4n) is 3.05. The highest BCUT2D eigenvalue weighted by atomic mass is 19.1. The molecule has 1 heterocycles. The third-order valence-corrected chi connectivity index (χ3v) is 4.77. The fourth-order valence-corrected chi connectivity index (χ4v) is 3.05. The lowest BCUT2D eigenvalue weighted by Gasteiger charge is -2.39. The van der Waals surface area contributed by atoms with E-state index < -0.39 is 17.3 Å². The molecule has 1 amide bonds. The van der Waals surface area contributed by atoms with Crippen LogP contribution in [0.2, 0.25) is 0 Å². The molecule has 1 aliphatic rings. The molecule has 0 aliphatic carbocycles. The number of aliphatic hydroxyl groups is 2. The van der Waals surface area contributed by atoms with Crippen LogP contribution in [-0.4, -0.2) is 60.0 Å². The zero-order valence-corrected chi connectivity index (χ0v) is 15.7. The van der Waals surface area contributed by atoms with Gasteiger partial charge in [-0.1, -0.05) is 13.8 Å². The van der Waals surface area contributed by atoms with Crippen LogP contribution in [-0.2, 0) is 11.3 Å². The highest BCUT2D eigenvalue weighted by Gasteiger charge is 2.42. The van der Waals surface area contributed by atoms with Gasteiger partial charge in [-0.15, -0.1) is 0 Å². The zero-order chi connectivity index (χ0) is 19.4. The number of piperidine rings is 1. The lowest BCUT2D eigenvalue weighted by molar-refractivity contribution is -0.157. The van der Waals surface area contributed by atoms with E-state index in [4.69, 9.17) is 4.74 Å². The van der Waals surface area contributed by atoms with Gasteiger partial charge in [0.2, 0.25) is 0 Å². The van der Waals surface area contributed by atoms with Crippen molar-refractivity contribution in [3.05, 3.63) is 29.6 Å². The molecule has 26 heavy (non-hydrogen) atoms. The number of carbonyl (C=O) groups excluding carboxylic acids is 1. The number of rotatable bonds is 8. The molecule has 1 fully saturated rings. The molecule has 0 saturated carbocycles. The maximum absolute atomic E-state index is 14.1. The number of amides is 1. The summed E-state index contributed by atoms with van der Waals surface area (Å²) in [4.78, 5) is 14.3. The molecule has 0 spiro atoms. The number of ether oxygens (including phenoxy) is 1. The van der Waals surface area contributed by atoms with Gasteiger partial charge >= 0.3 is 0 Å². The summed E-state index contributed by atoms with van der Waals surface area (Å²) in [6, 6.07) is 4.41.